The normalized spacial score (nSPS) is 11.0. The molecule has 102 valence electrons. The minimum absolute atomic E-state index is 0.0228. The first-order valence-corrected chi connectivity index (χ1v) is 8.11. The van der Waals surface area contributed by atoms with Crippen LogP contribution in [0.5, 0.6) is 0 Å². The molecule has 1 amide bonds. The summed E-state index contributed by atoms with van der Waals surface area (Å²) in [5, 5.41) is 5.22. The van der Waals surface area contributed by atoms with Gasteiger partial charge in [-0.1, -0.05) is 37.0 Å². The fourth-order valence-corrected chi connectivity index (χ4v) is 3.72. The zero-order chi connectivity index (χ0) is 14.0. The van der Waals surface area contributed by atoms with Crippen LogP contribution in [0, 0.1) is 5.92 Å². The first-order chi connectivity index (χ1) is 8.95. The van der Waals surface area contributed by atoms with Gasteiger partial charge in [0.1, 0.15) is 4.34 Å². The van der Waals surface area contributed by atoms with E-state index in [2.05, 4.69) is 10.3 Å². The Morgan fingerprint density at radius 2 is 2.21 bits per heavy atom. The molecular weight excluding hydrogens is 323 g/mol. The summed E-state index contributed by atoms with van der Waals surface area (Å²) in [7, 11) is 0. The number of halogens is 2. The van der Waals surface area contributed by atoms with Crippen molar-refractivity contribution >= 4 is 56.9 Å². The van der Waals surface area contributed by atoms with Crippen molar-refractivity contribution in [1.82, 2.24) is 4.98 Å². The van der Waals surface area contributed by atoms with E-state index in [1.165, 1.54) is 22.7 Å². The fraction of sp³-hybridized carbons (Fsp3) is 0.333. The van der Waals surface area contributed by atoms with Gasteiger partial charge in [0.15, 0.2) is 5.13 Å². The molecule has 1 N–H and O–H groups in total. The zero-order valence-corrected chi connectivity index (χ0v) is 13.5. The molecular formula is C12H12Cl2N2OS2. The van der Waals surface area contributed by atoms with Gasteiger partial charge >= 0.3 is 0 Å². The summed E-state index contributed by atoms with van der Waals surface area (Å²) in [6.07, 6.45) is 0.486. The van der Waals surface area contributed by atoms with E-state index in [1.54, 1.807) is 6.07 Å². The minimum atomic E-state index is -0.0228. The fourth-order valence-electron chi connectivity index (χ4n) is 1.51. The molecule has 0 aliphatic heterocycles. The van der Waals surface area contributed by atoms with Crippen molar-refractivity contribution in [3.63, 3.8) is 0 Å². The number of amides is 1. The number of nitrogens with zero attached hydrogens (tertiary/aromatic N) is 1. The number of nitrogens with one attached hydrogen (secondary N) is 1. The molecule has 0 atom stereocenters. The van der Waals surface area contributed by atoms with Crippen LogP contribution in [0.15, 0.2) is 11.4 Å². The number of carbonyl (C=O) groups excluding carboxylic acids is 1. The molecule has 7 heteroatoms. The van der Waals surface area contributed by atoms with E-state index in [1.807, 2.05) is 19.2 Å². The molecule has 0 spiro atoms. The Morgan fingerprint density at radius 1 is 1.47 bits per heavy atom. The zero-order valence-electron chi connectivity index (χ0n) is 10.4. The van der Waals surface area contributed by atoms with Gasteiger partial charge in [-0.3, -0.25) is 4.79 Å². The van der Waals surface area contributed by atoms with Gasteiger partial charge in [0, 0.05) is 17.4 Å². The molecule has 2 heterocycles. The van der Waals surface area contributed by atoms with E-state index in [0.29, 0.717) is 26.1 Å². The van der Waals surface area contributed by atoms with E-state index in [9.17, 15) is 4.79 Å². The smallest absolute Gasteiger partial charge is 0.226 e. The highest BCUT2D eigenvalue weighted by Crippen LogP contribution is 2.38. The monoisotopic (exact) mass is 334 g/mol. The number of carbonyl (C=O) groups is 1. The van der Waals surface area contributed by atoms with Crippen molar-refractivity contribution in [1.29, 1.82) is 0 Å². The van der Waals surface area contributed by atoms with E-state index in [-0.39, 0.29) is 5.91 Å². The third-order valence-corrected chi connectivity index (χ3v) is 4.52. The van der Waals surface area contributed by atoms with Crippen LogP contribution < -0.4 is 5.32 Å². The molecule has 19 heavy (non-hydrogen) atoms. The van der Waals surface area contributed by atoms with Crippen molar-refractivity contribution in [2.45, 2.75) is 20.3 Å². The van der Waals surface area contributed by atoms with Crippen LogP contribution in [0.25, 0.3) is 11.3 Å². The summed E-state index contributed by atoms with van der Waals surface area (Å²) < 4.78 is 1.23. The van der Waals surface area contributed by atoms with Gasteiger partial charge in [-0.25, -0.2) is 4.98 Å². The van der Waals surface area contributed by atoms with Gasteiger partial charge in [0.25, 0.3) is 0 Å². The van der Waals surface area contributed by atoms with Gasteiger partial charge in [0.05, 0.1) is 10.0 Å². The molecule has 2 rings (SSSR count). The highest BCUT2D eigenvalue weighted by atomic mass is 35.5. The van der Waals surface area contributed by atoms with Crippen LogP contribution >= 0.6 is 45.9 Å². The first-order valence-electron chi connectivity index (χ1n) is 5.66. The molecule has 0 radical (unpaired) electrons. The Morgan fingerprint density at radius 3 is 2.79 bits per heavy atom. The average Bonchev–Trinajstić information content (AvgIpc) is 2.84. The van der Waals surface area contributed by atoms with Crippen molar-refractivity contribution in [2.75, 3.05) is 5.32 Å². The number of rotatable bonds is 4. The highest BCUT2D eigenvalue weighted by Gasteiger charge is 2.13. The van der Waals surface area contributed by atoms with E-state index in [4.69, 9.17) is 23.2 Å². The molecule has 0 bridgehead atoms. The van der Waals surface area contributed by atoms with Crippen LogP contribution in [-0.4, -0.2) is 10.9 Å². The molecule has 0 aromatic carbocycles. The summed E-state index contributed by atoms with van der Waals surface area (Å²) in [5.41, 5.74) is 1.54. The quantitative estimate of drug-likeness (QED) is 0.838. The van der Waals surface area contributed by atoms with Crippen molar-refractivity contribution < 1.29 is 4.79 Å². The second-order valence-corrected chi connectivity index (χ2v) is 7.57. The van der Waals surface area contributed by atoms with Gasteiger partial charge in [-0.05, 0) is 12.0 Å². The van der Waals surface area contributed by atoms with Crippen LogP contribution in [-0.2, 0) is 4.79 Å². The van der Waals surface area contributed by atoms with Crippen LogP contribution in [0.1, 0.15) is 20.3 Å². The lowest BCUT2D eigenvalue weighted by Gasteiger charge is -2.03. The second-order valence-electron chi connectivity index (χ2n) is 4.42. The third-order valence-electron chi connectivity index (χ3n) is 2.28. The Hall–Kier alpha value is -0.620. The maximum absolute atomic E-state index is 11.7. The highest BCUT2D eigenvalue weighted by molar-refractivity contribution is 7.20. The number of thiazole rings is 1. The molecule has 0 saturated heterocycles. The van der Waals surface area contributed by atoms with Gasteiger partial charge in [-0.2, -0.15) is 0 Å². The predicted octanol–water partition coefficient (Wildman–Crippen LogP) is 5.16. The number of thiophene rings is 1. The molecule has 0 aliphatic rings. The molecule has 3 nitrogen and oxygen atoms in total. The Labute approximate surface area is 129 Å². The summed E-state index contributed by atoms with van der Waals surface area (Å²) in [6, 6.07) is 1.78. The van der Waals surface area contributed by atoms with Crippen molar-refractivity contribution in [3.8, 4) is 11.3 Å². The SMILES string of the molecule is CC(C)CC(=O)Nc1nc(-c2cc(Cl)sc2Cl)cs1. The van der Waals surface area contributed by atoms with E-state index < -0.39 is 0 Å². The minimum Gasteiger partial charge on any atom is -0.302 e. The summed E-state index contributed by atoms with van der Waals surface area (Å²) >= 11 is 14.7. The van der Waals surface area contributed by atoms with E-state index >= 15 is 0 Å². The Kier molecular flexibility index (Phi) is 4.84. The Bertz CT molecular complexity index is 592. The molecule has 0 fully saturated rings. The number of hydrogen-bond acceptors (Lipinski definition) is 4. The lowest BCUT2D eigenvalue weighted by atomic mass is 10.1. The predicted molar refractivity (Wildman–Crippen MR) is 83.5 cm³/mol. The third kappa shape index (κ3) is 3.92. The number of aromatic nitrogens is 1. The van der Waals surface area contributed by atoms with Gasteiger partial charge in [0.2, 0.25) is 5.91 Å². The lowest BCUT2D eigenvalue weighted by Crippen LogP contribution is -2.13. The number of hydrogen-bond donors (Lipinski definition) is 1. The molecule has 2 aromatic rings. The van der Waals surface area contributed by atoms with Crippen molar-refractivity contribution in [2.24, 2.45) is 5.92 Å². The summed E-state index contributed by atoms with van der Waals surface area (Å²) in [4.78, 5) is 16.0. The van der Waals surface area contributed by atoms with E-state index in [0.717, 1.165) is 11.3 Å². The maximum atomic E-state index is 11.7. The average molecular weight is 335 g/mol. The maximum Gasteiger partial charge on any atom is 0.226 e. The molecule has 2 aromatic heterocycles. The topological polar surface area (TPSA) is 42.0 Å². The molecule has 0 unspecified atom stereocenters. The number of anilines is 1. The van der Waals surface area contributed by atoms with Crippen LogP contribution in [0.3, 0.4) is 0 Å². The lowest BCUT2D eigenvalue weighted by molar-refractivity contribution is -0.116. The molecule has 0 saturated carbocycles. The first kappa shape index (κ1) is 14.8. The standard InChI is InChI=1S/C12H12Cl2N2OS2/c1-6(2)3-10(17)16-12-15-8(5-18-12)7-4-9(13)19-11(7)14/h4-6H,3H2,1-2H3,(H,15,16,17). The largest absolute Gasteiger partial charge is 0.302 e. The van der Waals surface area contributed by atoms with Gasteiger partial charge < -0.3 is 5.32 Å². The van der Waals surface area contributed by atoms with Gasteiger partial charge in [-0.15, -0.1) is 22.7 Å². The van der Waals surface area contributed by atoms with Crippen LogP contribution in [0.4, 0.5) is 5.13 Å². The second kappa shape index (κ2) is 6.22. The Balaban J connectivity index is 2.11. The molecule has 0 aliphatic carbocycles. The summed E-state index contributed by atoms with van der Waals surface area (Å²) in [6.45, 7) is 4.00. The summed E-state index contributed by atoms with van der Waals surface area (Å²) in [5.74, 6) is 0.301. The van der Waals surface area contributed by atoms with Crippen LogP contribution in [0.2, 0.25) is 8.67 Å². The van der Waals surface area contributed by atoms with Crippen molar-refractivity contribution in [3.05, 3.63) is 20.1 Å².